The highest BCUT2D eigenvalue weighted by molar-refractivity contribution is 5.86. The molecule has 0 saturated heterocycles. The van der Waals surface area contributed by atoms with Crippen molar-refractivity contribution in [1.29, 1.82) is 0 Å². The lowest BCUT2D eigenvalue weighted by atomic mass is 9.90. The summed E-state index contributed by atoms with van der Waals surface area (Å²) in [7, 11) is 0. The summed E-state index contributed by atoms with van der Waals surface area (Å²) >= 11 is 0. The Hall–Kier alpha value is -1.55. The number of ether oxygens (including phenoxy) is 1. The van der Waals surface area contributed by atoms with E-state index in [1.807, 2.05) is 24.3 Å². The largest absolute Gasteiger partial charge is 0.385 e. The van der Waals surface area contributed by atoms with Gasteiger partial charge in [-0.25, -0.2) is 0 Å². The lowest BCUT2D eigenvalue weighted by Crippen LogP contribution is -2.33. The molecule has 0 spiro atoms. The van der Waals surface area contributed by atoms with Gasteiger partial charge in [0.15, 0.2) is 0 Å². The molecule has 110 valence electrons. The number of rotatable bonds is 7. The summed E-state index contributed by atoms with van der Waals surface area (Å²) in [6.07, 6.45) is 2.77. The molecule has 0 saturated carbocycles. The molecule has 4 nitrogen and oxygen atoms in total. The minimum Gasteiger partial charge on any atom is -0.385 e. The van der Waals surface area contributed by atoms with E-state index in [0.29, 0.717) is 6.54 Å². The first-order valence-corrected chi connectivity index (χ1v) is 7.51. The van der Waals surface area contributed by atoms with Crippen LogP contribution in [0.1, 0.15) is 37.7 Å². The van der Waals surface area contributed by atoms with Crippen molar-refractivity contribution >= 4 is 11.6 Å². The van der Waals surface area contributed by atoms with Crippen molar-refractivity contribution < 1.29 is 9.53 Å². The predicted molar refractivity (Wildman–Crippen MR) is 81.0 cm³/mol. The van der Waals surface area contributed by atoms with E-state index in [1.54, 1.807) is 0 Å². The maximum absolute atomic E-state index is 12.3. The zero-order valence-corrected chi connectivity index (χ0v) is 12.2. The van der Waals surface area contributed by atoms with E-state index in [1.165, 1.54) is 0 Å². The molecule has 0 radical (unpaired) electrons. The highest BCUT2D eigenvalue weighted by Crippen LogP contribution is 2.31. The van der Waals surface area contributed by atoms with E-state index in [4.69, 9.17) is 4.74 Å². The standard InChI is InChI=1S/C16H24N2O2/c1-2-11-20-12-5-9-18-16(19)14-8-10-17-15-7-4-3-6-13(14)15/h3-4,6-7,14,17H,2,5,8-12H2,1H3,(H,18,19). The number of carbonyl (C=O) groups excluding carboxylic acids is 1. The van der Waals surface area contributed by atoms with Crippen LogP contribution in [0.15, 0.2) is 24.3 Å². The highest BCUT2D eigenvalue weighted by atomic mass is 16.5. The van der Waals surface area contributed by atoms with Gasteiger partial charge in [-0.05, 0) is 30.9 Å². The molecular formula is C16H24N2O2. The van der Waals surface area contributed by atoms with E-state index >= 15 is 0 Å². The Bertz CT molecular complexity index is 434. The molecule has 1 unspecified atom stereocenters. The molecular weight excluding hydrogens is 252 g/mol. The van der Waals surface area contributed by atoms with Gasteiger partial charge in [0.2, 0.25) is 5.91 Å². The zero-order valence-electron chi connectivity index (χ0n) is 12.2. The van der Waals surface area contributed by atoms with E-state index in [0.717, 1.165) is 50.3 Å². The molecule has 0 bridgehead atoms. The third-order valence-electron chi connectivity index (χ3n) is 3.51. The second-order valence-corrected chi connectivity index (χ2v) is 5.11. The molecule has 1 aliphatic heterocycles. The summed E-state index contributed by atoms with van der Waals surface area (Å²) in [4.78, 5) is 12.3. The van der Waals surface area contributed by atoms with Crippen LogP contribution in [0.3, 0.4) is 0 Å². The summed E-state index contributed by atoms with van der Waals surface area (Å²) in [5.74, 6) is 0.110. The molecule has 1 aromatic rings. The number of fused-ring (bicyclic) bond motifs is 1. The molecule has 2 rings (SSSR count). The van der Waals surface area contributed by atoms with Gasteiger partial charge in [0, 0.05) is 32.0 Å². The number of hydrogen-bond acceptors (Lipinski definition) is 3. The van der Waals surface area contributed by atoms with Gasteiger partial charge in [-0.15, -0.1) is 0 Å². The fourth-order valence-electron chi connectivity index (χ4n) is 2.50. The molecule has 4 heteroatoms. The number of benzene rings is 1. The highest BCUT2D eigenvalue weighted by Gasteiger charge is 2.25. The van der Waals surface area contributed by atoms with Crippen LogP contribution >= 0.6 is 0 Å². The van der Waals surface area contributed by atoms with E-state index in [9.17, 15) is 4.79 Å². The smallest absolute Gasteiger partial charge is 0.227 e. The molecule has 1 heterocycles. The average molecular weight is 276 g/mol. The first kappa shape index (κ1) is 14.9. The van der Waals surface area contributed by atoms with Gasteiger partial charge < -0.3 is 15.4 Å². The quantitative estimate of drug-likeness (QED) is 0.752. The zero-order chi connectivity index (χ0) is 14.2. The van der Waals surface area contributed by atoms with Gasteiger partial charge in [0.05, 0.1) is 5.92 Å². The van der Waals surface area contributed by atoms with Crippen LogP contribution in [-0.4, -0.2) is 32.2 Å². The minimum atomic E-state index is -0.0241. The summed E-state index contributed by atoms with van der Waals surface area (Å²) in [5.41, 5.74) is 2.20. The lowest BCUT2D eigenvalue weighted by molar-refractivity contribution is -0.122. The molecule has 20 heavy (non-hydrogen) atoms. The molecule has 1 amide bonds. The Balaban J connectivity index is 1.79. The number of hydrogen-bond donors (Lipinski definition) is 2. The van der Waals surface area contributed by atoms with Crippen LogP contribution in [0.25, 0.3) is 0 Å². The van der Waals surface area contributed by atoms with Gasteiger partial charge >= 0.3 is 0 Å². The van der Waals surface area contributed by atoms with Crippen molar-refractivity contribution in [3.05, 3.63) is 29.8 Å². The van der Waals surface area contributed by atoms with Crippen molar-refractivity contribution in [1.82, 2.24) is 5.32 Å². The van der Waals surface area contributed by atoms with Gasteiger partial charge in [-0.1, -0.05) is 25.1 Å². The van der Waals surface area contributed by atoms with Crippen LogP contribution in [0, 0.1) is 0 Å². The molecule has 1 atom stereocenters. The van der Waals surface area contributed by atoms with Crippen LogP contribution < -0.4 is 10.6 Å². The van der Waals surface area contributed by atoms with E-state index < -0.39 is 0 Å². The number of anilines is 1. The normalized spacial score (nSPS) is 17.1. The second-order valence-electron chi connectivity index (χ2n) is 5.11. The number of para-hydroxylation sites is 1. The monoisotopic (exact) mass is 276 g/mol. The van der Waals surface area contributed by atoms with Crippen molar-refractivity contribution in [2.45, 2.75) is 32.1 Å². The average Bonchev–Trinajstić information content (AvgIpc) is 2.50. The minimum absolute atomic E-state index is 0.0241. The predicted octanol–water partition coefficient (Wildman–Crippen LogP) is 2.52. The van der Waals surface area contributed by atoms with Crippen molar-refractivity contribution in [2.75, 3.05) is 31.6 Å². The van der Waals surface area contributed by atoms with Crippen LogP contribution in [0.2, 0.25) is 0 Å². The van der Waals surface area contributed by atoms with Gasteiger partial charge in [0.25, 0.3) is 0 Å². The lowest BCUT2D eigenvalue weighted by Gasteiger charge is -2.25. The summed E-state index contributed by atoms with van der Waals surface area (Å²) in [5, 5.41) is 6.36. The third kappa shape index (κ3) is 3.97. The van der Waals surface area contributed by atoms with Crippen LogP contribution in [0.5, 0.6) is 0 Å². The molecule has 2 N–H and O–H groups in total. The summed E-state index contributed by atoms with van der Waals surface area (Å²) in [6, 6.07) is 8.06. The second kappa shape index (κ2) is 7.90. The first-order chi connectivity index (χ1) is 9.83. The Labute approximate surface area is 120 Å². The fourth-order valence-corrected chi connectivity index (χ4v) is 2.50. The summed E-state index contributed by atoms with van der Waals surface area (Å²) < 4.78 is 5.41. The maximum Gasteiger partial charge on any atom is 0.227 e. The van der Waals surface area contributed by atoms with Gasteiger partial charge in [0.1, 0.15) is 0 Å². The number of carbonyl (C=O) groups is 1. The molecule has 0 aromatic heterocycles. The van der Waals surface area contributed by atoms with Gasteiger partial charge in [-0.2, -0.15) is 0 Å². The third-order valence-corrected chi connectivity index (χ3v) is 3.51. The van der Waals surface area contributed by atoms with Gasteiger partial charge in [-0.3, -0.25) is 4.79 Å². The van der Waals surface area contributed by atoms with Crippen LogP contribution in [0.4, 0.5) is 5.69 Å². The fraction of sp³-hybridized carbons (Fsp3) is 0.562. The molecule has 0 aliphatic carbocycles. The van der Waals surface area contributed by atoms with Crippen molar-refractivity contribution in [3.63, 3.8) is 0 Å². The molecule has 1 aromatic carbocycles. The van der Waals surface area contributed by atoms with Crippen molar-refractivity contribution in [2.24, 2.45) is 0 Å². The van der Waals surface area contributed by atoms with E-state index in [2.05, 4.69) is 17.6 Å². The first-order valence-electron chi connectivity index (χ1n) is 7.51. The summed E-state index contributed by atoms with van der Waals surface area (Å²) in [6.45, 7) is 5.16. The molecule has 1 aliphatic rings. The molecule has 0 fully saturated rings. The maximum atomic E-state index is 12.3. The number of nitrogens with one attached hydrogen (secondary N) is 2. The Morgan fingerprint density at radius 2 is 2.25 bits per heavy atom. The van der Waals surface area contributed by atoms with Crippen LogP contribution in [-0.2, 0) is 9.53 Å². The Morgan fingerprint density at radius 1 is 1.40 bits per heavy atom. The SMILES string of the molecule is CCCOCCCNC(=O)C1CCNc2ccccc21. The number of amides is 1. The van der Waals surface area contributed by atoms with Crippen molar-refractivity contribution in [3.8, 4) is 0 Å². The Kier molecular flexibility index (Phi) is 5.87. The topological polar surface area (TPSA) is 50.4 Å². The Morgan fingerprint density at radius 3 is 3.10 bits per heavy atom. The van der Waals surface area contributed by atoms with E-state index in [-0.39, 0.29) is 11.8 Å².